The van der Waals surface area contributed by atoms with E-state index in [-0.39, 0.29) is 17.1 Å². The molecule has 0 atom stereocenters. The van der Waals surface area contributed by atoms with E-state index in [0.29, 0.717) is 5.02 Å². The van der Waals surface area contributed by atoms with E-state index in [0.717, 1.165) is 0 Å². The van der Waals surface area contributed by atoms with Crippen LogP contribution in [0, 0.1) is 5.82 Å². The van der Waals surface area contributed by atoms with E-state index < -0.39 is 11.7 Å². The molecule has 1 amide bonds. The standard InChI is InChI=1S/C12H9ClFN3O/c13-7-4-5-10(16-6-7)12(18)17-11-8(14)2-1-3-9(11)15/h1-6H,15H2,(H,17,18). The number of nitrogens with zero attached hydrogens (tertiary/aromatic N) is 1. The van der Waals surface area contributed by atoms with Crippen LogP contribution in [0.1, 0.15) is 10.5 Å². The Hall–Kier alpha value is -2.14. The molecule has 0 bridgehead atoms. The van der Waals surface area contributed by atoms with Crippen LogP contribution < -0.4 is 11.1 Å². The molecule has 1 aromatic heterocycles. The van der Waals surface area contributed by atoms with Crippen molar-refractivity contribution in [2.75, 3.05) is 11.1 Å². The summed E-state index contributed by atoms with van der Waals surface area (Å²) in [6.45, 7) is 0. The fourth-order valence-corrected chi connectivity index (χ4v) is 1.47. The predicted molar refractivity (Wildman–Crippen MR) is 68.0 cm³/mol. The van der Waals surface area contributed by atoms with Crippen molar-refractivity contribution in [3.8, 4) is 0 Å². The Balaban J connectivity index is 2.24. The lowest BCUT2D eigenvalue weighted by atomic mass is 10.2. The second-order valence-corrected chi connectivity index (χ2v) is 3.96. The Labute approximate surface area is 108 Å². The lowest BCUT2D eigenvalue weighted by Gasteiger charge is -2.08. The number of para-hydroxylation sites is 1. The Kier molecular flexibility index (Phi) is 3.43. The molecule has 3 N–H and O–H groups in total. The van der Waals surface area contributed by atoms with Gasteiger partial charge in [0.15, 0.2) is 0 Å². The largest absolute Gasteiger partial charge is 0.397 e. The van der Waals surface area contributed by atoms with Crippen molar-refractivity contribution in [3.05, 3.63) is 53.1 Å². The summed E-state index contributed by atoms with van der Waals surface area (Å²) in [4.78, 5) is 15.6. The third-order valence-electron chi connectivity index (χ3n) is 2.24. The first-order valence-electron chi connectivity index (χ1n) is 5.05. The maximum atomic E-state index is 13.5. The minimum atomic E-state index is -0.600. The first-order valence-corrected chi connectivity index (χ1v) is 5.42. The number of nitrogens with two attached hydrogens (primary N) is 1. The molecule has 0 fully saturated rings. The number of hydrogen-bond donors (Lipinski definition) is 2. The molecule has 0 spiro atoms. The van der Waals surface area contributed by atoms with Gasteiger partial charge in [-0.25, -0.2) is 9.37 Å². The number of rotatable bonds is 2. The fraction of sp³-hybridized carbons (Fsp3) is 0. The molecule has 0 saturated carbocycles. The molecule has 2 aromatic rings. The molecule has 1 aromatic carbocycles. The minimum Gasteiger partial charge on any atom is -0.397 e. The van der Waals surface area contributed by atoms with Crippen molar-refractivity contribution >= 4 is 28.9 Å². The predicted octanol–water partition coefficient (Wildman–Crippen LogP) is 2.71. The molecule has 2 rings (SSSR count). The third-order valence-corrected chi connectivity index (χ3v) is 2.47. The van der Waals surface area contributed by atoms with Crippen LogP contribution in [0.25, 0.3) is 0 Å². The number of benzene rings is 1. The Morgan fingerprint density at radius 3 is 2.72 bits per heavy atom. The van der Waals surface area contributed by atoms with Crippen LogP contribution in [-0.4, -0.2) is 10.9 Å². The summed E-state index contributed by atoms with van der Waals surface area (Å²) in [6.07, 6.45) is 1.33. The molecule has 1 heterocycles. The first-order chi connectivity index (χ1) is 8.58. The SMILES string of the molecule is Nc1cccc(F)c1NC(=O)c1ccc(Cl)cn1. The number of anilines is 2. The van der Waals surface area contributed by atoms with Gasteiger partial charge in [-0.1, -0.05) is 17.7 Å². The van der Waals surface area contributed by atoms with Crippen LogP contribution in [0.5, 0.6) is 0 Å². The number of aromatic nitrogens is 1. The van der Waals surface area contributed by atoms with E-state index in [1.165, 1.54) is 36.5 Å². The van der Waals surface area contributed by atoms with E-state index in [1.807, 2.05) is 0 Å². The molecule has 6 heteroatoms. The highest BCUT2D eigenvalue weighted by Crippen LogP contribution is 2.22. The first kappa shape index (κ1) is 12.3. The molecule has 0 aliphatic heterocycles. The van der Waals surface area contributed by atoms with E-state index in [2.05, 4.69) is 10.3 Å². The van der Waals surface area contributed by atoms with Gasteiger partial charge in [0.1, 0.15) is 17.2 Å². The molecule has 4 nitrogen and oxygen atoms in total. The van der Waals surface area contributed by atoms with Crippen molar-refractivity contribution in [3.63, 3.8) is 0 Å². The van der Waals surface area contributed by atoms with Gasteiger partial charge >= 0.3 is 0 Å². The van der Waals surface area contributed by atoms with Crippen molar-refractivity contribution in [2.24, 2.45) is 0 Å². The highest BCUT2D eigenvalue weighted by molar-refractivity contribution is 6.30. The average Bonchev–Trinajstić information content (AvgIpc) is 2.34. The molecule has 18 heavy (non-hydrogen) atoms. The number of pyridine rings is 1. The second-order valence-electron chi connectivity index (χ2n) is 3.52. The van der Waals surface area contributed by atoms with Crippen LogP contribution in [0.4, 0.5) is 15.8 Å². The quantitative estimate of drug-likeness (QED) is 0.821. The molecule has 0 radical (unpaired) electrons. The van der Waals surface area contributed by atoms with Gasteiger partial charge in [-0.3, -0.25) is 4.79 Å². The molecular weight excluding hydrogens is 257 g/mol. The number of nitrogen functional groups attached to an aromatic ring is 1. The van der Waals surface area contributed by atoms with E-state index >= 15 is 0 Å². The number of nitrogens with one attached hydrogen (secondary N) is 1. The molecule has 0 unspecified atom stereocenters. The lowest BCUT2D eigenvalue weighted by molar-refractivity contribution is 0.102. The van der Waals surface area contributed by atoms with Gasteiger partial charge in [0, 0.05) is 6.20 Å². The van der Waals surface area contributed by atoms with E-state index in [4.69, 9.17) is 17.3 Å². The number of halogens is 2. The Morgan fingerprint density at radius 2 is 2.11 bits per heavy atom. The third kappa shape index (κ3) is 2.57. The number of carbonyl (C=O) groups excluding carboxylic acids is 1. The summed E-state index contributed by atoms with van der Waals surface area (Å²) in [5.74, 6) is -1.15. The van der Waals surface area contributed by atoms with Crippen LogP contribution in [0.3, 0.4) is 0 Å². The molecular formula is C12H9ClFN3O. The van der Waals surface area contributed by atoms with Crippen LogP contribution in [-0.2, 0) is 0 Å². The highest BCUT2D eigenvalue weighted by Gasteiger charge is 2.12. The highest BCUT2D eigenvalue weighted by atomic mass is 35.5. The topological polar surface area (TPSA) is 68.0 Å². The molecule has 92 valence electrons. The van der Waals surface area contributed by atoms with Gasteiger partial charge in [0.05, 0.1) is 10.7 Å². The van der Waals surface area contributed by atoms with Crippen molar-refractivity contribution in [1.82, 2.24) is 4.98 Å². The maximum Gasteiger partial charge on any atom is 0.274 e. The smallest absolute Gasteiger partial charge is 0.274 e. The fourth-order valence-electron chi connectivity index (χ4n) is 1.36. The second kappa shape index (κ2) is 5.01. The minimum absolute atomic E-state index is 0.0562. The summed E-state index contributed by atoms with van der Waals surface area (Å²) in [5.41, 5.74) is 5.80. The van der Waals surface area contributed by atoms with Crippen LogP contribution in [0.2, 0.25) is 5.02 Å². The zero-order valence-electron chi connectivity index (χ0n) is 9.15. The van der Waals surface area contributed by atoms with Gasteiger partial charge in [-0.15, -0.1) is 0 Å². The van der Waals surface area contributed by atoms with Crippen molar-refractivity contribution in [1.29, 1.82) is 0 Å². The van der Waals surface area contributed by atoms with Crippen molar-refractivity contribution < 1.29 is 9.18 Å². The van der Waals surface area contributed by atoms with Gasteiger partial charge in [-0.2, -0.15) is 0 Å². The Bertz CT molecular complexity index is 566. The Morgan fingerprint density at radius 1 is 1.33 bits per heavy atom. The summed E-state index contributed by atoms with van der Waals surface area (Å²) < 4.78 is 13.5. The van der Waals surface area contributed by atoms with E-state index in [1.54, 1.807) is 0 Å². The van der Waals surface area contributed by atoms with Gasteiger partial charge in [0.25, 0.3) is 5.91 Å². The number of hydrogen-bond acceptors (Lipinski definition) is 3. The van der Waals surface area contributed by atoms with Crippen molar-refractivity contribution in [2.45, 2.75) is 0 Å². The van der Waals surface area contributed by atoms with Crippen LogP contribution in [0.15, 0.2) is 36.5 Å². The molecule has 0 saturated heterocycles. The monoisotopic (exact) mass is 265 g/mol. The summed E-state index contributed by atoms with van der Waals surface area (Å²) >= 11 is 5.65. The van der Waals surface area contributed by atoms with Gasteiger partial charge in [0.2, 0.25) is 0 Å². The number of amides is 1. The van der Waals surface area contributed by atoms with Crippen LogP contribution >= 0.6 is 11.6 Å². The zero-order valence-corrected chi connectivity index (χ0v) is 9.91. The van der Waals surface area contributed by atoms with Gasteiger partial charge < -0.3 is 11.1 Å². The zero-order chi connectivity index (χ0) is 13.1. The lowest BCUT2D eigenvalue weighted by Crippen LogP contribution is -2.15. The average molecular weight is 266 g/mol. The summed E-state index contributed by atoms with van der Waals surface area (Å²) in [7, 11) is 0. The summed E-state index contributed by atoms with van der Waals surface area (Å²) in [5, 5.41) is 2.78. The maximum absolute atomic E-state index is 13.5. The van der Waals surface area contributed by atoms with E-state index in [9.17, 15) is 9.18 Å². The summed E-state index contributed by atoms with van der Waals surface area (Å²) in [6, 6.07) is 7.12. The normalized spacial score (nSPS) is 10.1. The number of carbonyl (C=O) groups is 1. The molecule has 0 aliphatic carbocycles. The molecule has 0 aliphatic rings. The van der Waals surface area contributed by atoms with Gasteiger partial charge in [-0.05, 0) is 24.3 Å².